The minimum Gasteiger partial charge on any atom is -0.368 e. The number of thiazole rings is 1. The van der Waals surface area contributed by atoms with Gasteiger partial charge in [-0.25, -0.2) is 9.37 Å². The van der Waals surface area contributed by atoms with Crippen molar-refractivity contribution in [1.82, 2.24) is 4.98 Å². The van der Waals surface area contributed by atoms with Gasteiger partial charge < -0.3 is 10.5 Å². The fourth-order valence-corrected chi connectivity index (χ4v) is 4.25. The highest BCUT2D eigenvalue weighted by Gasteiger charge is 2.07. The zero-order valence-electron chi connectivity index (χ0n) is 16.6. The van der Waals surface area contributed by atoms with Crippen molar-refractivity contribution in [2.24, 2.45) is 5.73 Å². The summed E-state index contributed by atoms with van der Waals surface area (Å²) in [6.07, 6.45) is 4.54. The molecule has 0 saturated carbocycles. The number of unbranched alkanes of at least 4 members (excludes halogenated alkanes) is 2. The number of rotatable bonds is 11. The van der Waals surface area contributed by atoms with Gasteiger partial charge in [-0.3, -0.25) is 4.79 Å². The first kappa shape index (κ1) is 22.6. The lowest BCUT2D eigenvalue weighted by atomic mass is 10.0. The molecule has 158 valence electrons. The van der Waals surface area contributed by atoms with Crippen LogP contribution < -0.4 is 5.73 Å². The second-order valence-electron chi connectivity index (χ2n) is 7.10. The van der Waals surface area contributed by atoms with Crippen molar-refractivity contribution in [3.8, 4) is 10.6 Å². The summed E-state index contributed by atoms with van der Waals surface area (Å²) in [4.78, 5) is 15.5. The third-order valence-electron chi connectivity index (χ3n) is 4.65. The molecule has 2 N–H and O–H groups in total. The molecule has 7 heteroatoms. The maximum atomic E-state index is 14.1. The summed E-state index contributed by atoms with van der Waals surface area (Å²) >= 11 is 5.11. The Morgan fingerprint density at radius 2 is 1.87 bits per heavy atom. The van der Waals surface area contributed by atoms with Crippen molar-refractivity contribution in [3.63, 3.8) is 0 Å². The molecule has 3 aromatic rings. The molecule has 1 aromatic heterocycles. The number of aromatic nitrogens is 1. The van der Waals surface area contributed by atoms with Crippen molar-refractivity contribution in [1.29, 1.82) is 0 Å². The summed E-state index contributed by atoms with van der Waals surface area (Å²) in [7, 11) is 0. The molecule has 1 heterocycles. The molecule has 0 bridgehead atoms. The molecule has 0 unspecified atom stereocenters. The molecule has 4 nitrogen and oxygen atoms in total. The van der Waals surface area contributed by atoms with E-state index in [9.17, 15) is 9.18 Å². The molecule has 1 amide bonds. The number of ether oxygens (including phenoxy) is 1. The minimum absolute atomic E-state index is 0.132. The topological polar surface area (TPSA) is 65.2 Å². The van der Waals surface area contributed by atoms with Gasteiger partial charge in [0, 0.05) is 15.4 Å². The first-order valence-corrected chi connectivity index (χ1v) is 11.5. The number of benzene rings is 2. The monoisotopic (exact) mass is 490 g/mol. The lowest BCUT2D eigenvalue weighted by Crippen LogP contribution is -2.17. The summed E-state index contributed by atoms with van der Waals surface area (Å²) in [6, 6.07) is 13.1. The molecule has 0 aliphatic carbocycles. The van der Waals surface area contributed by atoms with Crippen molar-refractivity contribution in [2.45, 2.75) is 38.7 Å². The normalized spacial score (nSPS) is 11.0. The van der Waals surface area contributed by atoms with E-state index >= 15 is 0 Å². The van der Waals surface area contributed by atoms with Gasteiger partial charge in [0.15, 0.2) is 0 Å². The van der Waals surface area contributed by atoms with Crippen LogP contribution in [0.3, 0.4) is 0 Å². The minimum atomic E-state index is -0.513. The quantitative estimate of drug-likeness (QED) is 0.352. The first-order chi connectivity index (χ1) is 14.5. The maximum absolute atomic E-state index is 14.1. The van der Waals surface area contributed by atoms with E-state index in [1.165, 1.54) is 6.07 Å². The van der Waals surface area contributed by atoms with Crippen LogP contribution in [0.15, 0.2) is 52.3 Å². The van der Waals surface area contributed by atoms with Crippen LogP contribution in [0.1, 0.15) is 36.1 Å². The van der Waals surface area contributed by atoms with Gasteiger partial charge in [0.05, 0.1) is 12.3 Å². The standard InChI is InChI=1S/C23H24BrFN2O2S/c24-19-9-7-17(8-10-19)23-27-20(15-30-23)5-3-1-2-4-18-12-16(6-11-21(18)25)13-29-14-22(26)28/h6-12,15H,1-5,13-14H2,(H2,26,28). The van der Waals surface area contributed by atoms with Crippen LogP contribution in [0.25, 0.3) is 10.6 Å². The fraction of sp³-hybridized carbons (Fsp3) is 0.304. The molecule has 0 fully saturated rings. The van der Waals surface area contributed by atoms with E-state index < -0.39 is 5.91 Å². The van der Waals surface area contributed by atoms with E-state index in [1.54, 1.807) is 23.5 Å². The number of primary amides is 1. The Kier molecular flexibility index (Phi) is 8.54. The van der Waals surface area contributed by atoms with Gasteiger partial charge >= 0.3 is 0 Å². The Bertz CT molecular complexity index is 976. The molecular weight excluding hydrogens is 467 g/mol. The van der Waals surface area contributed by atoms with E-state index in [0.717, 1.165) is 52.0 Å². The molecule has 0 atom stereocenters. The number of carbonyl (C=O) groups excluding carboxylic acids is 1. The smallest absolute Gasteiger partial charge is 0.243 e. The van der Waals surface area contributed by atoms with Crippen LogP contribution in [-0.4, -0.2) is 17.5 Å². The molecule has 0 saturated heterocycles. The average molecular weight is 491 g/mol. The zero-order chi connectivity index (χ0) is 21.3. The Hall–Kier alpha value is -2.09. The van der Waals surface area contributed by atoms with Gasteiger partial charge in [-0.05, 0) is 55.0 Å². The summed E-state index contributed by atoms with van der Waals surface area (Å²) in [5, 5.41) is 3.15. The second kappa shape index (κ2) is 11.3. The second-order valence-corrected chi connectivity index (χ2v) is 8.87. The summed E-state index contributed by atoms with van der Waals surface area (Å²) in [5.74, 6) is -0.714. The van der Waals surface area contributed by atoms with Crippen molar-refractivity contribution in [2.75, 3.05) is 6.61 Å². The first-order valence-electron chi connectivity index (χ1n) is 9.85. The van der Waals surface area contributed by atoms with Gasteiger partial charge in [0.2, 0.25) is 5.91 Å². The molecule has 0 spiro atoms. The summed E-state index contributed by atoms with van der Waals surface area (Å²) in [5.41, 5.74) is 8.82. The number of halogens is 2. The number of nitrogens with zero attached hydrogens (tertiary/aromatic N) is 1. The van der Waals surface area contributed by atoms with Crippen LogP contribution in [-0.2, 0) is 29.0 Å². The van der Waals surface area contributed by atoms with Gasteiger partial charge in [0.1, 0.15) is 17.4 Å². The van der Waals surface area contributed by atoms with Crippen molar-refractivity contribution >= 4 is 33.2 Å². The van der Waals surface area contributed by atoms with E-state index in [1.807, 2.05) is 12.1 Å². The predicted molar refractivity (Wildman–Crippen MR) is 122 cm³/mol. The van der Waals surface area contributed by atoms with Crippen LogP contribution in [0.2, 0.25) is 0 Å². The molecule has 3 rings (SSSR count). The van der Waals surface area contributed by atoms with Gasteiger partial charge in [0.25, 0.3) is 0 Å². The Morgan fingerprint density at radius 3 is 2.63 bits per heavy atom. The van der Waals surface area contributed by atoms with Crippen LogP contribution in [0.5, 0.6) is 0 Å². The third kappa shape index (κ3) is 7.00. The summed E-state index contributed by atoms with van der Waals surface area (Å²) < 4.78 is 20.3. The van der Waals surface area contributed by atoms with Gasteiger partial charge in [-0.2, -0.15) is 0 Å². The SMILES string of the molecule is NC(=O)COCc1ccc(F)c(CCCCCc2csc(-c3ccc(Br)cc3)n2)c1. The number of hydrogen-bond acceptors (Lipinski definition) is 4. The van der Waals surface area contributed by atoms with Crippen molar-refractivity contribution in [3.05, 3.63) is 75.0 Å². The van der Waals surface area contributed by atoms with E-state index in [2.05, 4.69) is 33.4 Å². The predicted octanol–water partition coefficient (Wildman–Crippen LogP) is 5.67. The molecule has 30 heavy (non-hydrogen) atoms. The average Bonchev–Trinajstić information content (AvgIpc) is 3.19. The number of carbonyl (C=O) groups is 1. The van der Waals surface area contributed by atoms with Crippen LogP contribution in [0, 0.1) is 5.82 Å². The zero-order valence-corrected chi connectivity index (χ0v) is 19.0. The van der Waals surface area contributed by atoms with E-state index in [0.29, 0.717) is 12.0 Å². The highest BCUT2D eigenvalue weighted by Crippen LogP contribution is 2.26. The number of nitrogens with two attached hydrogens (primary N) is 1. The Labute approximate surface area is 188 Å². The van der Waals surface area contributed by atoms with Crippen molar-refractivity contribution < 1.29 is 13.9 Å². The largest absolute Gasteiger partial charge is 0.368 e. The van der Waals surface area contributed by atoms with E-state index in [-0.39, 0.29) is 19.0 Å². The number of aryl methyl sites for hydroxylation is 2. The van der Waals surface area contributed by atoms with Gasteiger partial charge in [-0.15, -0.1) is 11.3 Å². The number of amides is 1. The highest BCUT2D eigenvalue weighted by molar-refractivity contribution is 9.10. The Balaban J connectivity index is 1.42. The maximum Gasteiger partial charge on any atom is 0.243 e. The van der Waals surface area contributed by atoms with Gasteiger partial charge in [-0.1, -0.05) is 46.6 Å². The lowest BCUT2D eigenvalue weighted by Gasteiger charge is -2.07. The van der Waals surface area contributed by atoms with Crippen LogP contribution in [0.4, 0.5) is 4.39 Å². The fourth-order valence-electron chi connectivity index (χ4n) is 3.12. The third-order valence-corrected chi connectivity index (χ3v) is 6.11. The molecular formula is C23H24BrFN2O2S. The molecule has 0 aliphatic rings. The van der Waals surface area contributed by atoms with E-state index in [4.69, 9.17) is 15.5 Å². The Morgan fingerprint density at radius 1 is 1.10 bits per heavy atom. The highest BCUT2D eigenvalue weighted by atomic mass is 79.9. The lowest BCUT2D eigenvalue weighted by molar-refractivity contribution is -0.122. The molecule has 0 radical (unpaired) electrons. The molecule has 2 aromatic carbocycles. The molecule has 0 aliphatic heterocycles. The number of hydrogen-bond donors (Lipinski definition) is 1. The van der Waals surface area contributed by atoms with Crippen LogP contribution >= 0.6 is 27.3 Å². The summed E-state index contributed by atoms with van der Waals surface area (Å²) in [6.45, 7) is 0.119.